The highest BCUT2D eigenvalue weighted by molar-refractivity contribution is 6.19. The third-order valence-corrected chi connectivity index (χ3v) is 16.0. The van der Waals surface area contributed by atoms with Gasteiger partial charge in [-0.25, -0.2) is 0 Å². The second-order valence-electron chi connectivity index (χ2n) is 18.9. The Morgan fingerprint density at radius 1 is 0.717 bits per heavy atom. The third kappa shape index (κ3) is 8.60. The lowest BCUT2D eigenvalue weighted by Gasteiger charge is -2.48. The first-order chi connectivity index (χ1) is 25.1. The van der Waals surface area contributed by atoms with E-state index in [0.717, 1.165) is 66.0 Å². The summed E-state index contributed by atoms with van der Waals surface area (Å²) in [4.78, 5) is 24.5. The van der Waals surface area contributed by atoms with Crippen molar-refractivity contribution in [3.05, 3.63) is 70.9 Å². The Bertz CT molecular complexity index is 1500. The van der Waals surface area contributed by atoms with E-state index in [9.17, 15) is 9.59 Å². The van der Waals surface area contributed by atoms with Crippen molar-refractivity contribution in [3.63, 3.8) is 0 Å². The van der Waals surface area contributed by atoms with Gasteiger partial charge in [-0.1, -0.05) is 95.7 Å². The summed E-state index contributed by atoms with van der Waals surface area (Å²) in [6, 6.07) is 0. The SMILES string of the molecule is C=C(CCl)C1CC(=O)C2=CCCC(C)C2(C)C1.C=C(CN)C1CC(=O)C2=CCCC(C)C2(C)C1.CC1CCC=C2C(=N)CC(C3=CCCCC3)CC21C. The number of nitrogens with two attached hydrogens (primary N) is 1. The van der Waals surface area contributed by atoms with Crippen molar-refractivity contribution in [2.24, 2.45) is 57.5 Å². The molecule has 0 aromatic heterocycles. The van der Waals surface area contributed by atoms with Crippen molar-refractivity contribution in [2.45, 2.75) is 144 Å². The number of allylic oxidation sites excluding steroid dienone is 9. The summed E-state index contributed by atoms with van der Waals surface area (Å²) in [6.45, 7) is 22.4. The molecule has 0 aromatic carbocycles. The quantitative estimate of drug-likeness (QED) is 0.217. The van der Waals surface area contributed by atoms with E-state index in [1.54, 1.807) is 5.57 Å². The van der Waals surface area contributed by atoms with E-state index < -0.39 is 0 Å². The number of ketones is 2. The molecule has 3 N–H and O–H groups in total. The summed E-state index contributed by atoms with van der Waals surface area (Å²) in [5, 5.41) is 8.48. The van der Waals surface area contributed by atoms with Crippen LogP contribution in [0.25, 0.3) is 0 Å². The van der Waals surface area contributed by atoms with Gasteiger partial charge in [0.1, 0.15) is 0 Å². The van der Waals surface area contributed by atoms with Crippen LogP contribution < -0.4 is 5.73 Å². The maximum absolute atomic E-state index is 12.3. The Labute approximate surface area is 327 Å². The predicted octanol–water partition coefficient (Wildman–Crippen LogP) is 12.2. The molecule has 9 atom stereocenters. The molecule has 0 amide bonds. The molecule has 0 bridgehead atoms. The molecule has 0 heterocycles. The molecule has 3 fully saturated rings. The number of halogens is 1. The third-order valence-electron chi connectivity index (χ3n) is 15.6. The van der Waals surface area contributed by atoms with Crippen molar-refractivity contribution in [1.29, 1.82) is 5.41 Å². The van der Waals surface area contributed by atoms with E-state index in [1.165, 1.54) is 63.4 Å². The van der Waals surface area contributed by atoms with Gasteiger partial charge in [0.05, 0.1) is 0 Å². The van der Waals surface area contributed by atoms with Crippen LogP contribution >= 0.6 is 11.6 Å². The Morgan fingerprint density at radius 2 is 1.19 bits per heavy atom. The monoisotopic (exact) mass is 743 g/mol. The molecule has 0 radical (unpaired) electrons. The lowest BCUT2D eigenvalue weighted by Crippen LogP contribution is -2.41. The number of alkyl halides is 1. The van der Waals surface area contributed by atoms with Gasteiger partial charge in [-0.2, -0.15) is 0 Å². The van der Waals surface area contributed by atoms with Gasteiger partial charge >= 0.3 is 0 Å². The molecule has 9 unspecified atom stereocenters. The van der Waals surface area contributed by atoms with Crippen molar-refractivity contribution < 1.29 is 9.59 Å². The van der Waals surface area contributed by atoms with Crippen LogP contribution in [0.3, 0.4) is 0 Å². The molecule has 4 nitrogen and oxygen atoms in total. The summed E-state index contributed by atoms with van der Waals surface area (Å²) in [6.07, 6.45) is 27.1. The van der Waals surface area contributed by atoms with Crippen LogP contribution in [0.15, 0.2) is 70.9 Å². The van der Waals surface area contributed by atoms with Gasteiger partial charge in [-0.05, 0) is 158 Å². The number of rotatable bonds is 5. The van der Waals surface area contributed by atoms with Crippen LogP contribution in [0.4, 0.5) is 0 Å². The Morgan fingerprint density at radius 3 is 1.64 bits per heavy atom. The highest BCUT2D eigenvalue weighted by Crippen LogP contribution is 2.54. The Kier molecular flexibility index (Phi) is 13.6. The van der Waals surface area contributed by atoms with Gasteiger partial charge in [0, 0.05) is 31.0 Å². The van der Waals surface area contributed by atoms with Gasteiger partial charge in [0.25, 0.3) is 0 Å². The van der Waals surface area contributed by atoms with Crippen LogP contribution in [-0.4, -0.2) is 29.7 Å². The summed E-state index contributed by atoms with van der Waals surface area (Å²) in [7, 11) is 0. The molecule has 53 heavy (non-hydrogen) atoms. The average molecular weight is 744 g/mol. The number of hydrogen-bond acceptors (Lipinski definition) is 4. The first-order valence-electron chi connectivity index (χ1n) is 21.1. The van der Waals surface area contributed by atoms with Crippen molar-refractivity contribution >= 4 is 28.9 Å². The van der Waals surface area contributed by atoms with Gasteiger partial charge in [-0.3, -0.25) is 9.59 Å². The molecule has 0 spiro atoms. The van der Waals surface area contributed by atoms with E-state index in [2.05, 4.69) is 79.0 Å². The largest absolute Gasteiger partial charge is 0.327 e. The van der Waals surface area contributed by atoms with Crippen molar-refractivity contribution in [1.82, 2.24) is 0 Å². The number of fused-ring (bicyclic) bond motifs is 3. The molecule has 3 saturated carbocycles. The predicted molar refractivity (Wildman–Crippen MR) is 224 cm³/mol. The minimum atomic E-state index is 0.0489. The highest BCUT2D eigenvalue weighted by Gasteiger charge is 2.48. The fraction of sp³-hybridized carbons (Fsp3) is 0.688. The number of carbonyl (C=O) groups is 2. The number of nitrogens with one attached hydrogen (secondary N) is 1. The van der Waals surface area contributed by atoms with Crippen LogP contribution in [0, 0.1) is 57.2 Å². The first-order valence-corrected chi connectivity index (χ1v) is 21.7. The Hall–Kier alpha value is -2.30. The minimum absolute atomic E-state index is 0.0489. The van der Waals surface area contributed by atoms with E-state index >= 15 is 0 Å². The molecule has 7 aliphatic carbocycles. The summed E-state index contributed by atoms with van der Waals surface area (Å²) >= 11 is 5.86. The van der Waals surface area contributed by atoms with Crippen LogP contribution in [0.1, 0.15) is 144 Å². The molecule has 0 aliphatic heterocycles. The fourth-order valence-corrected chi connectivity index (χ4v) is 11.5. The summed E-state index contributed by atoms with van der Waals surface area (Å²) in [5.41, 5.74) is 14.3. The lowest BCUT2D eigenvalue weighted by atomic mass is 9.56. The van der Waals surface area contributed by atoms with Crippen LogP contribution in [0.2, 0.25) is 0 Å². The van der Waals surface area contributed by atoms with Crippen molar-refractivity contribution in [3.8, 4) is 0 Å². The van der Waals surface area contributed by atoms with Gasteiger partial charge in [-0.15, -0.1) is 11.6 Å². The molecule has 292 valence electrons. The highest BCUT2D eigenvalue weighted by atomic mass is 35.5. The molecular weight excluding hydrogens is 672 g/mol. The zero-order valence-corrected chi connectivity index (χ0v) is 34.9. The Balaban J connectivity index is 0.000000154. The molecule has 0 saturated heterocycles. The standard InChI is InChI=1S/C18H27N.C15H21ClO.C15H23NO/c1-13-7-6-10-16-17(19)11-15(12-18(13,16)2)14-8-4-3-5-9-14;2*1-10(9-16)12-7-14(17)13-6-4-5-11(2)15(13,3)8-12/h8,10,13,15,19H,3-7,9,11-12H2,1-2H3;6,11-12H,1,4-5,7-9H2,2-3H3;6,11-12H,1,4-5,7-9,16H2,2-3H3. The van der Waals surface area contributed by atoms with Gasteiger partial charge in [0.2, 0.25) is 0 Å². The van der Waals surface area contributed by atoms with E-state index in [1.807, 2.05) is 0 Å². The molecule has 5 heteroatoms. The van der Waals surface area contributed by atoms with Crippen LogP contribution in [-0.2, 0) is 9.59 Å². The minimum Gasteiger partial charge on any atom is -0.327 e. The maximum Gasteiger partial charge on any atom is 0.159 e. The fourth-order valence-electron chi connectivity index (χ4n) is 11.3. The average Bonchev–Trinajstić information content (AvgIpc) is 3.13. The lowest BCUT2D eigenvalue weighted by molar-refractivity contribution is -0.121. The number of hydrogen-bond donors (Lipinski definition) is 2. The first kappa shape index (κ1) is 41.9. The van der Waals surface area contributed by atoms with E-state index in [4.69, 9.17) is 22.7 Å². The second-order valence-corrected chi connectivity index (χ2v) is 19.1. The van der Waals surface area contributed by atoms with Gasteiger partial charge < -0.3 is 11.1 Å². The molecular formula is C48H71ClN2O2. The number of carbonyl (C=O) groups excluding carboxylic acids is 2. The zero-order chi connectivity index (χ0) is 38.7. The topological polar surface area (TPSA) is 84.0 Å². The van der Waals surface area contributed by atoms with Crippen LogP contribution in [0.5, 0.6) is 0 Å². The molecule has 0 aromatic rings. The van der Waals surface area contributed by atoms with E-state index in [-0.39, 0.29) is 28.1 Å². The van der Waals surface area contributed by atoms with E-state index in [0.29, 0.717) is 54.6 Å². The summed E-state index contributed by atoms with van der Waals surface area (Å²) in [5.74, 6) is 4.25. The summed E-state index contributed by atoms with van der Waals surface area (Å²) < 4.78 is 0. The zero-order valence-electron chi connectivity index (χ0n) is 34.2. The van der Waals surface area contributed by atoms with Gasteiger partial charge in [0.15, 0.2) is 11.6 Å². The maximum atomic E-state index is 12.3. The molecule has 7 aliphatic rings. The van der Waals surface area contributed by atoms with Crippen molar-refractivity contribution in [2.75, 3.05) is 12.4 Å². The normalized spacial score (nSPS) is 38.1. The smallest absolute Gasteiger partial charge is 0.159 e. The number of Topliss-reactive ketones (excluding diaryl/α,β-unsaturated/α-hetero) is 2. The second kappa shape index (κ2) is 17.2. The molecule has 7 rings (SSSR count).